The van der Waals surface area contributed by atoms with E-state index in [1.165, 1.54) is 7.11 Å². The second-order valence-corrected chi connectivity index (χ2v) is 10.8. The van der Waals surface area contributed by atoms with Crippen molar-refractivity contribution in [2.75, 3.05) is 24.9 Å². The highest BCUT2D eigenvalue weighted by Gasteiger charge is 2.29. The van der Waals surface area contributed by atoms with Crippen LogP contribution in [-0.2, 0) is 23.1 Å². The summed E-state index contributed by atoms with van der Waals surface area (Å²) in [6.45, 7) is 4.36. The fraction of sp³-hybridized carbons (Fsp3) is 0.296. The average molecular weight is 508 g/mol. The molecular weight excluding hydrogens is 478 g/mol. The summed E-state index contributed by atoms with van der Waals surface area (Å²) in [4.78, 5) is 14.7. The van der Waals surface area contributed by atoms with Crippen LogP contribution >= 0.6 is 0 Å². The van der Waals surface area contributed by atoms with Gasteiger partial charge in [0, 0.05) is 37.7 Å². The molecule has 2 heterocycles. The number of methoxy groups -OCH3 is 1. The first kappa shape index (κ1) is 24.1. The third-order valence-electron chi connectivity index (χ3n) is 6.49. The van der Waals surface area contributed by atoms with Crippen molar-refractivity contribution in [3.8, 4) is 11.5 Å². The highest BCUT2D eigenvalue weighted by molar-refractivity contribution is 7.92. The number of fused-ring (bicyclic) bond motifs is 1. The first-order valence-electron chi connectivity index (χ1n) is 11.9. The van der Waals surface area contributed by atoms with E-state index in [-0.39, 0.29) is 16.9 Å². The van der Waals surface area contributed by atoms with Gasteiger partial charge in [0.05, 0.1) is 19.3 Å². The fourth-order valence-electron chi connectivity index (χ4n) is 4.68. The Bertz CT molecular complexity index is 1410. The van der Waals surface area contributed by atoms with Gasteiger partial charge in [-0.15, -0.1) is 0 Å². The van der Waals surface area contributed by atoms with Gasteiger partial charge in [-0.1, -0.05) is 23.8 Å². The molecule has 1 atom stereocenters. The second kappa shape index (κ2) is 9.83. The van der Waals surface area contributed by atoms with Crippen molar-refractivity contribution in [1.82, 2.24) is 10.2 Å². The minimum atomic E-state index is -3.89. The summed E-state index contributed by atoms with van der Waals surface area (Å²) < 4.78 is 40.6. The summed E-state index contributed by atoms with van der Waals surface area (Å²) in [7, 11) is -2.42. The zero-order valence-electron chi connectivity index (χ0n) is 20.3. The molecule has 0 spiro atoms. The number of amides is 1. The molecule has 5 rings (SSSR count). The van der Waals surface area contributed by atoms with E-state index in [0.717, 1.165) is 16.7 Å². The van der Waals surface area contributed by atoms with E-state index in [4.69, 9.17) is 9.47 Å². The van der Waals surface area contributed by atoms with E-state index >= 15 is 0 Å². The number of nitrogens with zero attached hydrogens (tertiary/aromatic N) is 1. The average Bonchev–Trinajstić information content (AvgIpc) is 3.52. The summed E-state index contributed by atoms with van der Waals surface area (Å²) in [5.74, 6) is 0.835. The van der Waals surface area contributed by atoms with Crippen LogP contribution in [0.1, 0.15) is 33.5 Å². The molecule has 9 heteroatoms. The number of hydrogen-bond acceptors (Lipinski definition) is 6. The Morgan fingerprint density at radius 3 is 2.61 bits per heavy atom. The number of benzene rings is 3. The summed E-state index contributed by atoms with van der Waals surface area (Å²) in [6, 6.07) is 17.8. The van der Waals surface area contributed by atoms with Crippen molar-refractivity contribution in [1.29, 1.82) is 0 Å². The van der Waals surface area contributed by atoms with Crippen LogP contribution in [0.3, 0.4) is 0 Å². The molecule has 1 fully saturated rings. The van der Waals surface area contributed by atoms with Gasteiger partial charge in [0.2, 0.25) is 0 Å². The van der Waals surface area contributed by atoms with Crippen molar-refractivity contribution >= 4 is 21.6 Å². The van der Waals surface area contributed by atoms with E-state index in [1.54, 1.807) is 41.3 Å². The van der Waals surface area contributed by atoms with Crippen molar-refractivity contribution in [3.63, 3.8) is 0 Å². The molecule has 2 aliphatic rings. The molecule has 3 aromatic carbocycles. The summed E-state index contributed by atoms with van der Waals surface area (Å²) in [6.07, 6.45) is 0.531. The van der Waals surface area contributed by atoms with E-state index in [1.807, 2.05) is 31.2 Å². The molecular formula is C27H29N3O5S. The number of anilines is 1. The lowest BCUT2D eigenvalue weighted by Crippen LogP contribution is -2.31. The maximum atomic E-state index is 13.2. The number of carbonyl (C=O) groups is 1. The molecule has 1 amide bonds. The molecule has 8 nitrogen and oxygen atoms in total. The van der Waals surface area contributed by atoms with E-state index in [0.29, 0.717) is 55.3 Å². The fourth-order valence-corrected chi connectivity index (χ4v) is 5.93. The van der Waals surface area contributed by atoms with Gasteiger partial charge >= 0.3 is 0 Å². The highest BCUT2D eigenvalue weighted by atomic mass is 32.2. The lowest BCUT2D eigenvalue weighted by molar-refractivity contribution is 0.0772. The Morgan fingerprint density at radius 1 is 1.06 bits per heavy atom. The second-order valence-electron chi connectivity index (χ2n) is 9.16. The quantitative estimate of drug-likeness (QED) is 0.506. The van der Waals surface area contributed by atoms with Gasteiger partial charge in [0.25, 0.3) is 15.9 Å². The molecule has 0 saturated carbocycles. The monoisotopic (exact) mass is 507 g/mol. The zero-order valence-corrected chi connectivity index (χ0v) is 21.1. The number of likely N-dealkylation sites (tertiary alicyclic amines) is 1. The highest BCUT2D eigenvalue weighted by Crippen LogP contribution is 2.32. The molecule has 2 N–H and O–H groups in total. The SMILES string of the molecule is COc1cc2c(cc1S(=O)(=O)Nc1cccc(O[C@H]3CCN(C(=O)c4cccc(C)c4)C3)c1)CNC2. The molecule has 188 valence electrons. The number of nitrogens with one attached hydrogen (secondary N) is 2. The molecule has 3 aromatic rings. The Hall–Kier alpha value is -3.56. The largest absolute Gasteiger partial charge is 0.495 e. The Labute approximate surface area is 211 Å². The molecule has 0 radical (unpaired) electrons. The predicted octanol–water partition coefficient (Wildman–Crippen LogP) is 3.70. The van der Waals surface area contributed by atoms with Gasteiger partial charge < -0.3 is 19.7 Å². The molecule has 0 bridgehead atoms. The van der Waals surface area contributed by atoms with E-state index < -0.39 is 10.0 Å². The van der Waals surface area contributed by atoms with Crippen LogP contribution in [-0.4, -0.2) is 45.5 Å². The van der Waals surface area contributed by atoms with Gasteiger partial charge in [-0.25, -0.2) is 8.42 Å². The Balaban J connectivity index is 1.27. The maximum Gasteiger partial charge on any atom is 0.265 e. The summed E-state index contributed by atoms with van der Waals surface area (Å²) in [5.41, 5.74) is 4.08. The van der Waals surface area contributed by atoms with Gasteiger partial charge in [-0.05, 0) is 54.4 Å². The molecule has 36 heavy (non-hydrogen) atoms. The number of sulfonamides is 1. The first-order chi connectivity index (χ1) is 17.3. The lowest BCUT2D eigenvalue weighted by Gasteiger charge is -2.18. The number of carbonyl (C=O) groups excluding carboxylic acids is 1. The minimum absolute atomic E-state index is 0.00944. The maximum absolute atomic E-state index is 13.2. The predicted molar refractivity (Wildman–Crippen MR) is 137 cm³/mol. The molecule has 0 aliphatic carbocycles. The number of ether oxygens (including phenoxy) is 2. The van der Waals surface area contributed by atoms with Crippen molar-refractivity contribution in [2.24, 2.45) is 0 Å². The molecule has 0 unspecified atom stereocenters. The molecule has 2 aliphatic heterocycles. The lowest BCUT2D eigenvalue weighted by atomic mass is 10.1. The van der Waals surface area contributed by atoms with Crippen molar-refractivity contribution < 1.29 is 22.7 Å². The molecule has 0 aromatic heterocycles. The Morgan fingerprint density at radius 2 is 1.83 bits per heavy atom. The number of aryl methyl sites for hydroxylation is 1. The summed E-state index contributed by atoms with van der Waals surface area (Å²) >= 11 is 0. The van der Waals surface area contributed by atoms with Crippen LogP contribution in [0.25, 0.3) is 0 Å². The molecule has 1 saturated heterocycles. The van der Waals surface area contributed by atoms with Crippen LogP contribution in [0.4, 0.5) is 5.69 Å². The van der Waals surface area contributed by atoms with E-state index in [9.17, 15) is 13.2 Å². The van der Waals surface area contributed by atoms with Crippen molar-refractivity contribution in [2.45, 2.75) is 37.4 Å². The topological polar surface area (TPSA) is 97.0 Å². The standard InChI is InChI=1S/C27H29N3O5S/c1-18-5-3-6-19(11-18)27(31)30-10-9-24(17-30)35-23-8-4-7-22(14-23)29-36(32,33)26-13-21-16-28-15-20(21)12-25(26)34-2/h3-8,11-14,24,28-29H,9-10,15-17H2,1-2H3/t24-/m0/s1. The van der Waals surface area contributed by atoms with Crippen molar-refractivity contribution in [3.05, 3.63) is 82.9 Å². The Kier molecular flexibility index (Phi) is 6.59. The third kappa shape index (κ3) is 5.03. The van der Waals surface area contributed by atoms with Crippen LogP contribution in [0, 0.1) is 6.92 Å². The third-order valence-corrected chi connectivity index (χ3v) is 7.90. The first-order valence-corrected chi connectivity index (χ1v) is 13.4. The van der Waals surface area contributed by atoms with Crippen LogP contribution in [0.2, 0.25) is 0 Å². The van der Waals surface area contributed by atoms with Gasteiger partial charge in [0.1, 0.15) is 22.5 Å². The van der Waals surface area contributed by atoms with Gasteiger partial charge in [-0.3, -0.25) is 9.52 Å². The van der Waals surface area contributed by atoms with Crippen LogP contribution in [0.5, 0.6) is 11.5 Å². The smallest absolute Gasteiger partial charge is 0.265 e. The number of hydrogen-bond donors (Lipinski definition) is 2. The normalized spacial score (nSPS) is 17.1. The zero-order chi connectivity index (χ0) is 25.3. The number of rotatable bonds is 7. The van der Waals surface area contributed by atoms with E-state index in [2.05, 4.69) is 10.0 Å². The van der Waals surface area contributed by atoms with Gasteiger partial charge in [0.15, 0.2) is 0 Å². The van der Waals surface area contributed by atoms with Gasteiger partial charge in [-0.2, -0.15) is 0 Å². The summed E-state index contributed by atoms with van der Waals surface area (Å²) in [5, 5.41) is 3.22. The van der Waals surface area contributed by atoms with Crippen LogP contribution in [0.15, 0.2) is 65.6 Å². The van der Waals surface area contributed by atoms with Crippen LogP contribution < -0.4 is 19.5 Å². The minimum Gasteiger partial charge on any atom is -0.495 e.